The molecule has 0 aliphatic carbocycles. The summed E-state index contributed by atoms with van der Waals surface area (Å²) in [7, 11) is -1.00. The summed E-state index contributed by atoms with van der Waals surface area (Å²) in [5, 5.41) is 0. The smallest absolute Gasteiger partial charge is 0.326 e. The highest BCUT2D eigenvalue weighted by Crippen LogP contribution is 2.45. The molecule has 1 spiro atoms. The van der Waals surface area contributed by atoms with Gasteiger partial charge in [-0.3, -0.25) is 4.79 Å². The van der Waals surface area contributed by atoms with Crippen molar-refractivity contribution in [3.05, 3.63) is 0 Å². The molecule has 104 valence electrons. The van der Waals surface area contributed by atoms with Gasteiger partial charge >= 0.3 is 5.97 Å². The quantitative estimate of drug-likeness (QED) is 0.588. The summed E-state index contributed by atoms with van der Waals surface area (Å²) in [6.45, 7) is 5.72. The molecule has 4 heteroatoms. The average Bonchev–Trinajstić information content (AvgIpc) is 2.70. The van der Waals surface area contributed by atoms with Crippen LogP contribution >= 0.6 is 0 Å². The fourth-order valence-electron chi connectivity index (χ4n) is 3.44. The minimum absolute atomic E-state index is 0.183. The zero-order chi connectivity index (χ0) is 13.4. The van der Waals surface area contributed by atoms with Crippen LogP contribution in [-0.4, -0.2) is 25.2 Å². The highest BCUT2D eigenvalue weighted by atomic mass is 28.3. The van der Waals surface area contributed by atoms with Crippen LogP contribution in [0, 0.1) is 0 Å². The highest BCUT2D eigenvalue weighted by Gasteiger charge is 2.48. The van der Waals surface area contributed by atoms with E-state index in [1.807, 2.05) is 20.8 Å². The molecule has 2 N–H and O–H groups in total. The van der Waals surface area contributed by atoms with Crippen LogP contribution in [0.4, 0.5) is 0 Å². The molecule has 2 saturated heterocycles. The molecule has 0 aromatic heterocycles. The predicted molar refractivity (Wildman–Crippen MR) is 76.2 cm³/mol. The lowest BCUT2D eigenvalue weighted by atomic mass is 9.93. The van der Waals surface area contributed by atoms with Crippen molar-refractivity contribution in [2.75, 3.05) is 0 Å². The van der Waals surface area contributed by atoms with Gasteiger partial charge in [0.25, 0.3) is 0 Å². The summed E-state index contributed by atoms with van der Waals surface area (Å²) in [5.74, 6) is -0.183. The molecule has 0 unspecified atom stereocenters. The predicted octanol–water partition coefficient (Wildman–Crippen LogP) is 3.06. The maximum atomic E-state index is 12.2. The van der Waals surface area contributed by atoms with Crippen LogP contribution in [0.3, 0.4) is 0 Å². The van der Waals surface area contributed by atoms with Gasteiger partial charge in [0.05, 0.1) is 8.07 Å². The molecule has 0 amide bonds. The molecule has 18 heavy (non-hydrogen) atoms. The van der Waals surface area contributed by atoms with Crippen LogP contribution < -0.4 is 5.73 Å². The van der Waals surface area contributed by atoms with E-state index in [-0.39, 0.29) is 5.97 Å². The van der Waals surface area contributed by atoms with Crippen LogP contribution in [0.1, 0.15) is 46.5 Å². The molecule has 0 radical (unpaired) electrons. The molecule has 0 aromatic carbocycles. The number of hydrogen-bond donors (Lipinski definition) is 1. The summed E-state index contributed by atoms with van der Waals surface area (Å²) in [5.41, 5.74) is 5.18. The SMILES string of the molecule is CC(C)(C)OC(=O)C1(N)CC[Si]2(CCCC2)CC1. The first kappa shape index (κ1) is 14.1. The molecule has 0 atom stereocenters. The maximum Gasteiger partial charge on any atom is 0.326 e. The molecule has 2 heterocycles. The van der Waals surface area contributed by atoms with E-state index in [1.165, 1.54) is 37.0 Å². The Bertz CT molecular complexity index is 319. The van der Waals surface area contributed by atoms with Gasteiger partial charge < -0.3 is 10.5 Å². The third-order valence-corrected chi connectivity index (χ3v) is 10.1. The molecule has 2 rings (SSSR count). The van der Waals surface area contributed by atoms with Gasteiger partial charge in [-0.15, -0.1) is 0 Å². The van der Waals surface area contributed by atoms with E-state index in [4.69, 9.17) is 10.5 Å². The number of nitrogens with two attached hydrogens (primary N) is 1. The fourth-order valence-corrected chi connectivity index (χ4v) is 8.89. The molecular formula is C14H27NO2Si. The van der Waals surface area contributed by atoms with Gasteiger partial charge in [-0.2, -0.15) is 0 Å². The van der Waals surface area contributed by atoms with E-state index >= 15 is 0 Å². The Labute approximate surface area is 111 Å². The van der Waals surface area contributed by atoms with Crippen LogP contribution in [0.15, 0.2) is 0 Å². The van der Waals surface area contributed by atoms with E-state index < -0.39 is 19.2 Å². The molecular weight excluding hydrogens is 242 g/mol. The van der Waals surface area contributed by atoms with E-state index in [2.05, 4.69) is 0 Å². The Morgan fingerprint density at radius 1 is 1.11 bits per heavy atom. The Morgan fingerprint density at radius 3 is 2.06 bits per heavy atom. The summed E-state index contributed by atoms with van der Waals surface area (Å²) < 4.78 is 5.48. The third kappa shape index (κ3) is 2.97. The second-order valence-corrected chi connectivity index (χ2v) is 12.4. The molecule has 2 fully saturated rings. The van der Waals surface area contributed by atoms with Crippen LogP contribution in [0.25, 0.3) is 0 Å². The summed E-state index contributed by atoms with van der Waals surface area (Å²) in [6, 6.07) is 5.42. The lowest BCUT2D eigenvalue weighted by Crippen LogP contribution is -2.56. The minimum Gasteiger partial charge on any atom is -0.459 e. The number of rotatable bonds is 1. The first-order valence-corrected chi connectivity index (χ1v) is 10.1. The number of carbonyl (C=O) groups excluding carboxylic acids is 1. The molecule has 2 aliphatic rings. The largest absolute Gasteiger partial charge is 0.459 e. The van der Waals surface area contributed by atoms with Crippen LogP contribution in [0.2, 0.25) is 24.2 Å². The second kappa shape index (κ2) is 4.64. The Hall–Kier alpha value is -0.353. The lowest BCUT2D eigenvalue weighted by Gasteiger charge is -2.41. The molecule has 0 bridgehead atoms. The number of hydrogen-bond acceptors (Lipinski definition) is 3. The second-order valence-electron chi connectivity index (χ2n) is 7.37. The third-order valence-electron chi connectivity index (χ3n) is 4.67. The first-order valence-electron chi connectivity index (χ1n) is 7.27. The normalized spacial score (nSPS) is 26.2. The van der Waals surface area contributed by atoms with E-state index in [0.29, 0.717) is 0 Å². The van der Waals surface area contributed by atoms with Crippen LogP contribution in [0.5, 0.6) is 0 Å². The van der Waals surface area contributed by atoms with Crippen molar-refractivity contribution < 1.29 is 9.53 Å². The molecule has 0 saturated carbocycles. The van der Waals surface area contributed by atoms with Gasteiger partial charge in [-0.1, -0.05) is 37.0 Å². The van der Waals surface area contributed by atoms with Gasteiger partial charge in [0.2, 0.25) is 0 Å². The van der Waals surface area contributed by atoms with Crippen molar-refractivity contribution in [1.82, 2.24) is 0 Å². The highest BCUT2D eigenvalue weighted by molar-refractivity contribution is 6.80. The zero-order valence-electron chi connectivity index (χ0n) is 12.1. The first-order chi connectivity index (χ1) is 8.25. The van der Waals surface area contributed by atoms with Gasteiger partial charge in [0.1, 0.15) is 11.1 Å². The summed E-state index contributed by atoms with van der Waals surface area (Å²) >= 11 is 0. The van der Waals surface area contributed by atoms with Crippen molar-refractivity contribution in [1.29, 1.82) is 0 Å². The van der Waals surface area contributed by atoms with Crippen molar-refractivity contribution in [2.45, 2.75) is 81.8 Å². The summed E-state index contributed by atoms with van der Waals surface area (Å²) in [6.07, 6.45) is 4.54. The lowest BCUT2D eigenvalue weighted by molar-refractivity contribution is -0.162. The van der Waals surface area contributed by atoms with Gasteiger partial charge in [0, 0.05) is 0 Å². The number of esters is 1. The monoisotopic (exact) mass is 269 g/mol. The van der Waals surface area contributed by atoms with Gasteiger partial charge in [0.15, 0.2) is 0 Å². The van der Waals surface area contributed by atoms with Crippen molar-refractivity contribution in [2.24, 2.45) is 5.73 Å². The summed E-state index contributed by atoms with van der Waals surface area (Å²) in [4.78, 5) is 12.2. The molecule has 0 aromatic rings. The standard InChI is InChI=1S/C14H27NO2Si/c1-13(2,3)17-12(16)14(15)6-10-18(11-7-14)8-4-5-9-18/h4-11,15H2,1-3H3. The Balaban J connectivity index is 1.96. The van der Waals surface area contributed by atoms with E-state index in [0.717, 1.165) is 12.8 Å². The number of ether oxygens (including phenoxy) is 1. The van der Waals surface area contributed by atoms with E-state index in [1.54, 1.807) is 0 Å². The Morgan fingerprint density at radius 2 is 1.61 bits per heavy atom. The average molecular weight is 269 g/mol. The van der Waals surface area contributed by atoms with Crippen molar-refractivity contribution in [3.63, 3.8) is 0 Å². The maximum absolute atomic E-state index is 12.2. The number of carbonyl (C=O) groups is 1. The van der Waals surface area contributed by atoms with E-state index in [9.17, 15) is 4.79 Å². The van der Waals surface area contributed by atoms with Crippen molar-refractivity contribution in [3.8, 4) is 0 Å². The topological polar surface area (TPSA) is 52.3 Å². The van der Waals surface area contributed by atoms with Crippen molar-refractivity contribution >= 4 is 14.0 Å². The molecule has 3 nitrogen and oxygen atoms in total. The van der Waals surface area contributed by atoms with Crippen LogP contribution in [-0.2, 0) is 9.53 Å². The minimum atomic E-state index is -1.00. The Kier molecular flexibility index (Phi) is 3.62. The van der Waals surface area contributed by atoms with Gasteiger partial charge in [-0.25, -0.2) is 0 Å². The fraction of sp³-hybridized carbons (Fsp3) is 0.929. The van der Waals surface area contributed by atoms with Gasteiger partial charge in [-0.05, 0) is 33.6 Å². The zero-order valence-corrected chi connectivity index (χ0v) is 13.1. The molecule has 2 aliphatic heterocycles.